The molecule has 1 fully saturated rings. The van der Waals surface area contributed by atoms with E-state index in [0.717, 1.165) is 58.6 Å². The van der Waals surface area contributed by atoms with Crippen LogP contribution in [0.2, 0.25) is 0 Å². The second kappa shape index (κ2) is 9.92. The Hall–Kier alpha value is -0.600. The molecule has 1 N–H and O–H groups in total. The summed E-state index contributed by atoms with van der Waals surface area (Å²) < 4.78 is 1.13. The van der Waals surface area contributed by atoms with Gasteiger partial charge in [0.15, 0.2) is 5.13 Å². The number of carbonyl (C=O) groups is 1. The Morgan fingerprint density at radius 2 is 2.08 bits per heavy atom. The normalized spacial score (nSPS) is 17.1. The molecular weight excluding hydrogens is 399 g/mol. The quantitative estimate of drug-likeness (QED) is 0.790. The van der Waals surface area contributed by atoms with Gasteiger partial charge in [0.25, 0.3) is 5.91 Å². The number of thiophene rings is 1. The van der Waals surface area contributed by atoms with Crippen LogP contribution in [0.5, 0.6) is 0 Å². The standard InChI is InChI=1S/C16H24N4OS2.2ClH/c1-4-19(5-2)16-18-14-12(23-16)9-13(22-14)15(21)20-8-6-7-11(10-20)17-3;;/h9,11,17H,4-8,10H2,1-3H3;2*1H. The van der Waals surface area contributed by atoms with Crippen molar-refractivity contribution in [1.82, 2.24) is 15.2 Å². The van der Waals surface area contributed by atoms with Crippen molar-refractivity contribution in [1.29, 1.82) is 0 Å². The smallest absolute Gasteiger partial charge is 0.264 e. The molecule has 1 saturated heterocycles. The van der Waals surface area contributed by atoms with E-state index in [4.69, 9.17) is 4.98 Å². The van der Waals surface area contributed by atoms with Crippen molar-refractivity contribution < 1.29 is 4.79 Å². The summed E-state index contributed by atoms with van der Waals surface area (Å²) in [5.41, 5.74) is 0. The maximum absolute atomic E-state index is 12.7. The first kappa shape index (κ1) is 22.4. The summed E-state index contributed by atoms with van der Waals surface area (Å²) in [4.78, 5) is 23.5. The van der Waals surface area contributed by atoms with Gasteiger partial charge in [0, 0.05) is 32.2 Å². The number of nitrogens with zero attached hydrogens (tertiary/aromatic N) is 3. The SMILES string of the molecule is CCN(CC)c1nc2sc(C(=O)N3CCCC(NC)C3)cc2s1.Cl.Cl. The zero-order valence-corrected chi connectivity index (χ0v) is 18.0. The first-order valence-corrected chi connectivity index (χ1v) is 9.91. The van der Waals surface area contributed by atoms with Crippen molar-refractivity contribution in [3.05, 3.63) is 10.9 Å². The number of piperidine rings is 1. The van der Waals surface area contributed by atoms with Crippen LogP contribution in [0.4, 0.5) is 5.13 Å². The first-order valence-electron chi connectivity index (χ1n) is 8.28. The van der Waals surface area contributed by atoms with Crippen molar-refractivity contribution in [2.75, 3.05) is 38.1 Å². The molecule has 25 heavy (non-hydrogen) atoms. The van der Waals surface area contributed by atoms with Crippen LogP contribution in [0.15, 0.2) is 6.07 Å². The van der Waals surface area contributed by atoms with Gasteiger partial charge in [-0.05, 0) is 39.8 Å². The Bertz CT molecular complexity index is 655. The summed E-state index contributed by atoms with van der Waals surface area (Å²) in [6.45, 7) is 7.87. The average Bonchev–Trinajstić information content (AvgIpc) is 3.14. The molecule has 2 aromatic heterocycles. The minimum atomic E-state index is 0. The summed E-state index contributed by atoms with van der Waals surface area (Å²) >= 11 is 3.21. The third-order valence-corrected chi connectivity index (χ3v) is 6.65. The van der Waals surface area contributed by atoms with Crippen molar-refractivity contribution in [2.24, 2.45) is 0 Å². The van der Waals surface area contributed by atoms with Crippen LogP contribution in [0.1, 0.15) is 36.4 Å². The van der Waals surface area contributed by atoms with Gasteiger partial charge in [-0.1, -0.05) is 11.3 Å². The fourth-order valence-corrected chi connectivity index (χ4v) is 5.32. The summed E-state index contributed by atoms with van der Waals surface area (Å²) in [6.07, 6.45) is 2.22. The number of hydrogen-bond donors (Lipinski definition) is 1. The lowest BCUT2D eigenvalue weighted by atomic mass is 10.1. The molecule has 0 aliphatic carbocycles. The maximum Gasteiger partial charge on any atom is 0.264 e. The number of fused-ring (bicyclic) bond motifs is 1. The molecule has 3 rings (SSSR count). The number of anilines is 1. The predicted octanol–water partition coefficient (Wildman–Crippen LogP) is 3.87. The number of thiazole rings is 1. The van der Waals surface area contributed by atoms with Crippen LogP contribution in [0.3, 0.4) is 0 Å². The van der Waals surface area contributed by atoms with Crippen molar-refractivity contribution >= 4 is 68.1 Å². The fraction of sp³-hybridized carbons (Fsp3) is 0.625. The number of likely N-dealkylation sites (N-methyl/N-ethyl adjacent to an activating group) is 1. The Morgan fingerprint density at radius 3 is 2.68 bits per heavy atom. The number of carbonyl (C=O) groups excluding carboxylic acids is 1. The van der Waals surface area contributed by atoms with E-state index in [1.807, 2.05) is 18.0 Å². The number of aromatic nitrogens is 1. The van der Waals surface area contributed by atoms with Gasteiger partial charge in [-0.3, -0.25) is 4.79 Å². The molecule has 0 bridgehead atoms. The number of likely N-dealkylation sites (tertiary alicyclic amines) is 1. The van der Waals surface area contributed by atoms with Crippen LogP contribution >= 0.6 is 47.5 Å². The van der Waals surface area contributed by atoms with Crippen molar-refractivity contribution in [3.8, 4) is 0 Å². The van der Waals surface area contributed by atoms with E-state index in [2.05, 4.69) is 24.1 Å². The third-order valence-electron chi connectivity index (χ3n) is 4.44. The maximum atomic E-state index is 12.7. The highest BCUT2D eigenvalue weighted by molar-refractivity contribution is 7.29. The Labute approximate surface area is 169 Å². The van der Waals surface area contributed by atoms with Gasteiger partial charge in [-0.2, -0.15) is 0 Å². The summed E-state index contributed by atoms with van der Waals surface area (Å²) in [5, 5.41) is 4.35. The lowest BCUT2D eigenvalue weighted by Gasteiger charge is -2.32. The van der Waals surface area contributed by atoms with Gasteiger partial charge in [-0.25, -0.2) is 4.98 Å². The zero-order valence-electron chi connectivity index (χ0n) is 14.8. The molecule has 0 saturated carbocycles. The molecule has 142 valence electrons. The molecule has 1 aliphatic heterocycles. The van der Waals surface area contributed by atoms with Gasteiger partial charge >= 0.3 is 0 Å². The van der Waals surface area contributed by atoms with Crippen LogP contribution in [-0.2, 0) is 0 Å². The average molecular weight is 425 g/mol. The van der Waals surface area contributed by atoms with Gasteiger partial charge < -0.3 is 15.1 Å². The highest BCUT2D eigenvalue weighted by atomic mass is 35.5. The molecule has 3 heterocycles. The molecule has 0 aromatic carbocycles. The summed E-state index contributed by atoms with van der Waals surface area (Å²) in [7, 11) is 1.97. The lowest BCUT2D eigenvalue weighted by molar-refractivity contribution is 0.0703. The minimum Gasteiger partial charge on any atom is -0.349 e. The number of amides is 1. The predicted molar refractivity (Wildman–Crippen MR) is 114 cm³/mol. The topological polar surface area (TPSA) is 48.5 Å². The van der Waals surface area contributed by atoms with E-state index in [1.165, 1.54) is 11.3 Å². The Balaban J connectivity index is 0.00000156. The lowest BCUT2D eigenvalue weighted by Crippen LogP contribution is -2.46. The number of rotatable bonds is 5. The highest BCUT2D eigenvalue weighted by Crippen LogP contribution is 2.35. The summed E-state index contributed by atoms with van der Waals surface area (Å²) in [5.74, 6) is 0.157. The van der Waals surface area contributed by atoms with Crippen LogP contribution < -0.4 is 10.2 Å². The second-order valence-electron chi connectivity index (χ2n) is 5.83. The number of nitrogens with one attached hydrogen (secondary N) is 1. The van der Waals surface area contributed by atoms with Crippen LogP contribution in [0, 0.1) is 0 Å². The Kier molecular flexibility index (Phi) is 8.91. The molecule has 1 amide bonds. The van der Waals surface area contributed by atoms with Gasteiger partial charge in [0.2, 0.25) is 0 Å². The van der Waals surface area contributed by atoms with Gasteiger partial charge in [0.1, 0.15) is 4.83 Å². The van der Waals surface area contributed by atoms with Gasteiger partial charge in [-0.15, -0.1) is 36.2 Å². The van der Waals surface area contributed by atoms with E-state index in [-0.39, 0.29) is 30.7 Å². The van der Waals surface area contributed by atoms with E-state index >= 15 is 0 Å². The molecular formula is C16H26Cl2N4OS2. The van der Waals surface area contributed by atoms with Crippen LogP contribution in [-0.4, -0.2) is 55.1 Å². The molecule has 0 radical (unpaired) electrons. The van der Waals surface area contributed by atoms with E-state index in [0.29, 0.717) is 6.04 Å². The molecule has 1 aliphatic rings. The zero-order chi connectivity index (χ0) is 16.4. The molecule has 1 unspecified atom stereocenters. The number of hydrogen-bond acceptors (Lipinski definition) is 6. The highest BCUT2D eigenvalue weighted by Gasteiger charge is 2.25. The van der Waals surface area contributed by atoms with E-state index in [1.54, 1.807) is 11.3 Å². The Morgan fingerprint density at radius 1 is 1.36 bits per heavy atom. The molecule has 1 atom stereocenters. The van der Waals surface area contributed by atoms with E-state index < -0.39 is 0 Å². The molecule has 0 spiro atoms. The third kappa shape index (κ3) is 4.77. The van der Waals surface area contributed by atoms with E-state index in [9.17, 15) is 4.79 Å². The summed E-state index contributed by atoms with van der Waals surface area (Å²) in [6, 6.07) is 2.44. The van der Waals surface area contributed by atoms with Gasteiger partial charge in [0.05, 0.1) is 9.58 Å². The molecule has 5 nitrogen and oxygen atoms in total. The molecule has 2 aromatic rings. The van der Waals surface area contributed by atoms with Crippen LogP contribution in [0.25, 0.3) is 9.53 Å². The van der Waals surface area contributed by atoms with Crippen molar-refractivity contribution in [2.45, 2.75) is 32.7 Å². The van der Waals surface area contributed by atoms with Crippen molar-refractivity contribution in [3.63, 3.8) is 0 Å². The number of halogens is 2. The fourth-order valence-electron chi connectivity index (χ4n) is 3.01. The largest absolute Gasteiger partial charge is 0.349 e. The molecule has 9 heteroatoms. The monoisotopic (exact) mass is 424 g/mol. The minimum absolute atomic E-state index is 0. The second-order valence-corrected chi connectivity index (χ2v) is 7.87. The first-order chi connectivity index (χ1) is 11.2.